The van der Waals surface area contributed by atoms with Crippen molar-refractivity contribution < 1.29 is 24.6 Å². The molecular weight excluding hydrogens is 314 g/mol. The zero-order chi connectivity index (χ0) is 15.4. The van der Waals surface area contributed by atoms with E-state index in [1.165, 1.54) is 22.7 Å². The molecule has 0 bridgehead atoms. The molecule has 1 atom stereocenters. The number of carboxylic acid groups (broad SMARTS) is 2. The average molecular weight is 327 g/mol. The molecule has 21 heavy (non-hydrogen) atoms. The van der Waals surface area contributed by atoms with Crippen molar-refractivity contribution >= 4 is 49.9 Å². The van der Waals surface area contributed by atoms with Crippen molar-refractivity contribution in [3.05, 3.63) is 22.4 Å². The quantitative estimate of drug-likeness (QED) is 0.724. The van der Waals surface area contributed by atoms with Crippen LogP contribution in [0.1, 0.15) is 28.9 Å². The van der Waals surface area contributed by atoms with Gasteiger partial charge < -0.3 is 15.5 Å². The fraction of sp³-hybridized carbons (Fsp3) is 0.308. The summed E-state index contributed by atoms with van der Waals surface area (Å²) in [6.07, 6.45) is 0.174. The van der Waals surface area contributed by atoms with Crippen LogP contribution in [0.3, 0.4) is 0 Å². The number of carbonyl (C=O) groups is 3. The molecule has 6 nitrogen and oxygen atoms in total. The van der Waals surface area contributed by atoms with E-state index in [1.54, 1.807) is 6.07 Å². The molecule has 2 heterocycles. The number of carbonyl (C=O) groups excluding carboxylic acids is 1. The first-order valence-corrected chi connectivity index (χ1v) is 7.89. The SMILES string of the molecule is O=C(O)CCC[C@@H](NC(=O)c1cc2sccc2s1)C(=O)O. The van der Waals surface area contributed by atoms with Gasteiger partial charge in [0.1, 0.15) is 6.04 Å². The van der Waals surface area contributed by atoms with E-state index in [-0.39, 0.29) is 19.3 Å². The van der Waals surface area contributed by atoms with Crippen LogP contribution >= 0.6 is 22.7 Å². The Bertz CT molecular complexity index is 646. The molecule has 0 saturated heterocycles. The van der Waals surface area contributed by atoms with E-state index >= 15 is 0 Å². The highest BCUT2D eigenvalue weighted by atomic mass is 32.1. The summed E-state index contributed by atoms with van der Waals surface area (Å²) in [4.78, 5) is 34.0. The van der Waals surface area contributed by atoms with Crippen LogP contribution in [0.25, 0.3) is 9.40 Å². The minimum atomic E-state index is -1.16. The number of amides is 1. The number of hydrogen-bond acceptors (Lipinski definition) is 5. The Labute approximate surface area is 128 Å². The van der Waals surface area contributed by atoms with Gasteiger partial charge in [-0.25, -0.2) is 4.79 Å². The van der Waals surface area contributed by atoms with Crippen LogP contribution in [-0.4, -0.2) is 34.1 Å². The Morgan fingerprint density at radius 1 is 1.24 bits per heavy atom. The minimum absolute atomic E-state index is 0.0904. The van der Waals surface area contributed by atoms with Crippen molar-refractivity contribution in [2.45, 2.75) is 25.3 Å². The maximum Gasteiger partial charge on any atom is 0.326 e. The summed E-state index contributed by atoms with van der Waals surface area (Å²) in [7, 11) is 0. The predicted molar refractivity (Wildman–Crippen MR) is 80.1 cm³/mol. The first-order valence-electron chi connectivity index (χ1n) is 6.20. The van der Waals surface area contributed by atoms with E-state index in [0.29, 0.717) is 4.88 Å². The summed E-state index contributed by atoms with van der Waals surface area (Å²) in [6, 6.07) is 2.57. The van der Waals surface area contributed by atoms with E-state index in [4.69, 9.17) is 10.2 Å². The number of hydrogen-bond donors (Lipinski definition) is 3. The molecule has 3 N–H and O–H groups in total. The zero-order valence-electron chi connectivity index (χ0n) is 10.9. The van der Waals surface area contributed by atoms with Crippen molar-refractivity contribution in [3.63, 3.8) is 0 Å². The molecule has 2 aromatic rings. The summed E-state index contributed by atoms with van der Waals surface area (Å²) in [5, 5.41) is 22.0. The van der Waals surface area contributed by atoms with Gasteiger partial charge in [0.05, 0.1) is 4.88 Å². The molecule has 0 radical (unpaired) electrons. The van der Waals surface area contributed by atoms with Gasteiger partial charge in [-0.1, -0.05) is 0 Å². The van der Waals surface area contributed by atoms with Crippen LogP contribution in [0.15, 0.2) is 17.5 Å². The highest BCUT2D eigenvalue weighted by Gasteiger charge is 2.21. The van der Waals surface area contributed by atoms with Crippen molar-refractivity contribution in [2.24, 2.45) is 0 Å². The lowest BCUT2D eigenvalue weighted by Crippen LogP contribution is -2.40. The van der Waals surface area contributed by atoms with Gasteiger partial charge in [-0.2, -0.15) is 0 Å². The van der Waals surface area contributed by atoms with E-state index in [1.807, 2.05) is 11.4 Å². The van der Waals surface area contributed by atoms with Crippen LogP contribution in [0.2, 0.25) is 0 Å². The van der Waals surface area contributed by atoms with Gasteiger partial charge >= 0.3 is 11.9 Å². The van der Waals surface area contributed by atoms with Gasteiger partial charge in [0.15, 0.2) is 0 Å². The standard InChI is InChI=1S/C13H13NO5S2/c15-11(16)3-1-2-7(13(18)19)14-12(17)10-6-9-8(21-10)4-5-20-9/h4-7H,1-3H2,(H,14,17)(H,15,16)(H,18,19)/t7-/m1/s1. The molecule has 0 unspecified atom stereocenters. The maximum atomic E-state index is 12.0. The maximum absolute atomic E-state index is 12.0. The first-order chi connectivity index (χ1) is 9.97. The Kier molecular flexibility index (Phi) is 4.92. The molecular formula is C13H13NO5S2. The highest BCUT2D eigenvalue weighted by Crippen LogP contribution is 2.29. The van der Waals surface area contributed by atoms with Crippen molar-refractivity contribution in [1.82, 2.24) is 5.32 Å². The van der Waals surface area contributed by atoms with Crippen LogP contribution in [0.5, 0.6) is 0 Å². The number of carboxylic acids is 2. The normalized spacial score (nSPS) is 12.2. The van der Waals surface area contributed by atoms with Gasteiger partial charge in [0.25, 0.3) is 5.91 Å². The molecule has 1 amide bonds. The molecule has 0 fully saturated rings. The Morgan fingerprint density at radius 2 is 2.00 bits per heavy atom. The third kappa shape index (κ3) is 4.02. The van der Waals surface area contributed by atoms with E-state index in [2.05, 4.69) is 5.32 Å². The van der Waals surface area contributed by atoms with Crippen molar-refractivity contribution in [1.29, 1.82) is 0 Å². The van der Waals surface area contributed by atoms with Crippen LogP contribution < -0.4 is 5.32 Å². The lowest BCUT2D eigenvalue weighted by molar-refractivity contribution is -0.140. The molecule has 2 rings (SSSR count). The Morgan fingerprint density at radius 3 is 2.62 bits per heavy atom. The van der Waals surface area contributed by atoms with Crippen LogP contribution in [0, 0.1) is 0 Å². The molecule has 0 aliphatic heterocycles. The van der Waals surface area contributed by atoms with Crippen LogP contribution in [0.4, 0.5) is 0 Å². The first kappa shape index (κ1) is 15.5. The van der Waals surface area contributed by atoms with Gasteiger partial charge in [-0.3, -0.25) is 9.59 Å². The molecule has 0 spiro atoms. The van der Waals surface area contributed by atoms with Gasteiger partial charge in [-0.05, 0) is 30.4 Å². The number of fused-ring (bicyclic) bond motifs is 1. The smallest absolute Gasteiger partial charge is 0.326 e. The molecule has 112 valence electrons. The van der Waals surface area contributed by atoms with Crippen molar-refractivity contribution in [2.75, 3.05) is 0 Å². The summed E-state index contributed by atoms with van der Waals surface area (Å²) >= 11 is 2.82. The number of thiophene rings is 2. The Balaban J connectivity index is 1.98. The molecule has 0 saturated carbocycles. The van der Waals surface area contributed by atoms with Crippen molar-refractivity contribution in [3.8, 4) is 0 Å². The van der Waals surface area contributed by atoms with E-state index < -0.39 is 23.9 Å². The minimum Gasteiger partial charge on any atom is -0.481 e. The highest BCUT2D eigenvalue weighted by molar-refractivity contribution is 7.27. The monoisotopic (exact) mass is 327 g/mol. The molecule has 0 aromatic carbocycles. The fourth-order valence-electron chi connectivity index (χ4n) is 1.82. The molecule has 2 aromatic heterocycles. The fourth-order valence-corrected chi connectivity index (χ4v) is 3.83. The second-order valence-electron chi connectivity index (χ2n) is 4.41. The van der Waals surface area contributed by atoms with Gasteiger partial charge in [0, 0.05) is 15.8 Å². The second kappa shape index (κ2) is 6.68. The summed E-state index contributed by atoms with van der Waals surface area (Å²) < 4.78 is 1.98. The topological polar surface area (TPSA) is 104 Å². The summed E-state index contributed by atoms with van der Waals surface area (Å²) in [5.74, 6) is -2.58. The van der Waals surface area contributed by atoms with Crippen LogP contribution in [-0.2, 0) is 9.59 Å². The van der Waals surface area contributed by atoms with E-state index in [9.17, 15) is 14.4 Å². The lowest BCUT2D eigenvalue weighted by atomic mass is 10.1. The third-order valence-corrected chi connectivity index (χ3v) is 4.94. The number of aliphatic carboxylic acids is 2. The third-order valence-electron chi connectivity index (χ3n) is 2.85. The van der Waals surface area contributed by atoms with Gasteiger partial charge in [-0.15, -0.1) is 22.7 Å². The number of rotatable bonds is 7. The number of nitrogens with one attached hydrogen (secondary N) is 1. The zero-order valence-corrected chi connectivity index (χ0v) is 12.5. The van der Waals surface area contributed by atoms with E-state index in [0.717, 1.165) is 9.40 Å². The average Bonchev–Trinajstić information content (AvgIpc) is 2.97. The van der Waals surface area contributed by atoms with Gasteiger partial charge in [0.2, 0.25) is 0 Å². The second-order valence-corrected chi connectivity index (χ2v) is 6.44. The molecule has 8 heteroatoms. The summed E-state index contributed by atoms with van der Waals surface area (Å²) in [5.41, 5.74) is 0. The molecule has 0 aliphatic rings. The Hall–Kier alpha value is -1.93. The largest absolute Gasteiger partial charge is 0.481 e. The predicted octanol–water partition coefficient (Wildman–Crippen LogP) is 2.40. The summed E-state index contributed by atoms with van der Waals surface area (Å²) in [6.45, 7) is 0. The lowest BCUT2D eigenvalue weighted by Gasteiger charge is -2.13. The molecule has 0 aliphatic carbocycles.